The first kappa shape index (κ1) is 11.7. The Morgan fingerprint density at radius 2 is 2.22 bits per heavy atom. The van der Waals surface area contributed by atoms with Gasteiger partial charge in [0.25, 0.3) is 0 Å². The number of halogens is 2. The van der Waals surface area contributed by atoms with Gasteiger partial charge in [0.1, 0.15) is 11.6 Å². The molecule has 18 heavy (non-hydrogen) atoms. The Balaban J connectivity index is 2.37. The van der Waals surface area contributed by atoms with Crippen LogP contribution in [0.4, 0.5) is 4.39 Å². The van der Waals surface area contributed by atoms with Crippen molar-refractivity contribution in [2.75, 3.05) is 0 Å². The molecule has 1 unspecified atom stereocenters. The summed E-state index contributed by atoms with van der Waals surface area (Å²) < 4.78 is 15.3. The summed E-state index contributed by atoms with van der Waals surface area (Å²) in [6, 6.07) is 6.55. The van der Waals surface area contributed by atoms with E-state index in [1.54, 1.807) is 17.4 Å². The molecule has 2 nitrogen and oxygen atoms in total. The van der Waals surface area contributed by atoms with Gasteiger partial charge in [0.05, 0.1) is 22.1 Å². The number of hydrogen-bond acceptors (Lipinski definition) is 2. The molecular weight excluding hydrogens is 271 g/mol. The van der Waals surface area contributed by atoms with Gasteiger partial charge in [0.2, 0.25) is 0 Å². The highest BCUT2D eigenvalue weighted by Crippen LogP contribution is 2.29. The minimum absolute atomic E-state index is 0.236. The first-order valence-electron chi connectivity index (χ1n) is 5.51. The summed E-state index contributed by atoms with van der Waals surface area (Å²) in [5.41, 5.74) is 2.47. The van der Waals surface area contributed by atoms with E-state index >= 15 is 0 Å². The van der Waals surface area contributed by atoms with E-state index in [1.165, 1.54) is 12.1 Å². The second-order valence-corrected chi connectivity index (χ2v) is 5.47. The van der Waals surface area contributed by atoms with E-state index in [1.807, 2.05) is 28.3 Å². The maximum atomic E-state index is 13.4. The molecule has 0 N–H and O–H groups in total. The molecule has 1 atom stereocenters. The molecular formula is C13H10ClFN2S. The highest BCUT2D eigenvalue weighted by molar-refractivity contribution is 7.08. The maximum absolute atomic E-state index is 13.4. The van der Waals surface area contributed by atoms with Gasteiger partial charge < -0.3 is 0 Å². The minimum atomic E-state index is -0.271. The number of aromatic nitrogens is 2. The largest absolute Gasteiger partial charge is 0.294 e. The summed E-state index contributed by atoms with van der Waals surface area (Å²) in [6.45, 7) is 1.86. The number of hydrogen-bond donors (Lipinski definition) is 0. The lowest BCUT2D eigenvalue weighted by molar-refractivity contribution is 0.629. The molecule has 0 spiro atoms. The van der Waals surface area contributed by atoms with Crippen molar-refractivity contribution in [2.24, 2.45) is 0 Å². The lowest BCUT2D eigenvalue weighted by atomic mass is 10.3. The van der Waals surface area contributed by atoms with Crippen LogP contribution in [0.5, 0.6) is 0 Å². The zero-order chi connectivity index (χ0) is 12.7. The number of nitrogens with zero attached hydrogens (tertiary/aromatic N) is 2. The van der Waals surface area contributed by atoms with Crippen molar-refractivity contribution in [3.8, 4) is 5.69 Å². The Morgan fingerprint density at radius 1 is 1.39 bits per heavy atom. The van der Waals surface area contributed by atoms with Gasteiger partial charge in [0.15, 0.2) is 0 Å². The van der Waals surface area contributed by atoms with Gasteiger partial charge in [-0.2, -0.15) is 11.3 Å². The molecule has 3 rings (SSSR count). The van der Waals surface area contributed by atoms with Crippen LogP contribution >= 0.6 is 22.9 Å². The highest BCUT2D eigenvalue weighted by atomic mass is 35.5. The molecule has 3 aromatic rings. The summed E-state index contributed by atoms with van der Waals surface area (Å²) in [4.78, 5) is 4.48. The molecule has 0 saturated heterocycles. The fraction of sp³-hybridized carbons (Fsp3) is 0.154. The monoisotopic (exact) mass is 280 g/mol. The third kappa shape index (κ3) is 1.82. The maximum Gasteiger partial charge on any atom is 0.132 e. The Morgan fingerprint density at radius 3 is 2.89 bits per heavy atom. The van der Waals surface area contributed by atoms with Crippen LogP contribution < -0.4 is 0 Å². The summed E-state index contributed by atoms with van der Waals surface area (Å²) in [5, 5.41) is 3.73. The Hall–Kier alpha value is -1.39. The number of fused-ring (bicyclic) bond motifs is 1. The van der Waals surface area contributed by atoms with Crippen LogP contribution in [0.25, 0.3) is 16.7 Å². The van der Waals surface area contributed by atoms with Crippen molar-refractivity contribution >= 4 is 34.0 Å². The Kier molecular flexibility index (Phi) is 2.84. The standard InChI is InChI=1S/C13H10ClFN2S/c1-8(14)13-16-11-3-2-9(15)6-12(11)17(13)10-4-5-18-7-10/h2-8H,1H3. The van der Waals surface area contributed by atoms with E-state index in [-0.39, 0.29) is 11.2 Å². The number of benzene rings is 1. The summed E-state index contributed by atoms with van der Waals surface area (Å²) >= 11 is 7.75. The van der Waals surface area contributed by atoms with E-state index in [0.29, 0.717) is 0 Å². The molecule has 0 saturated carbocycles. The average Bonchev–Trinajstić information content (AvgIpc) is 2.93. The van der Waals surface area contributed by atoms with E-state index in [2.05, 4.69) is 4.98 Å². The molecule has 5 heteroatoms. The smallest absolute Gasteiger partial charge is 0.132 e. The van der Waals surface area contributed by atoms with Crippen molar-refractivity contribution in [1.29, 1.82) is 0 Å². The molecule has 0 aliphatic heterocycles. The zero-order valence-corrected chi connectivity index (χ0v) is 11.2. The van der Waals surface area contributed by atoms with E-state index in [4.69, 9.17) is 11.6 Å². The lowest BCUT2D eigenvalue weighted by Crippen LogP contribution is -2.00. The van der Waals surface area contributed by atoms with Crippen LogP contribution in [0.3, 0.4) is 0 Å². The van der Waals surface area contributed by atoms with Crippen LogP contribution in [-0.2, 0) is 0 Å². The third-order valence-electron chi connectivity index (χ3n) is 2.76. The fourth-order valence-corrected chi connectivity index (χ4v) is 2.76. The van der Waals surface area contributed by atoms with Crippen molar-refractivity contribution in [3.63, 3.8) is 0 Å². The van der Waals surface area contributed by atoms with Crippen LogP contribution in [0.15, 0.2) is 35.0 Å². The second kappa shape index (κ2) is 4.37. The number of imidazole rings is 1. The molecule has 2 aromatic heterocycles. The van der Waals surface area contributed by atoms with Gasteiger partial charge in [-0.05, 0) is 30.5 Å². The first-order chi connectivity index (χ1) is 8.66. The Labute approximate surface area is 113 Å². The number of alkyl halides is 1. The molecule has 0 fully saturated rings. The molecule has 92 valence electrons. The highest BCUT2D eigenvalue weighted by Gasteiger charge is 2.16. The topological polar surface area (TPSA) is 17.8 Å². The molecule has 0 aliphatic rings. The molecule has 0 bridgehead atoms. The van der Waals surface area contributed by atoms with Gasteiger partial charge in [-0.25, -0.2) is 9.37 Å². The van der Waals surface area contributed by atoms with Crippen LogP contribution in [-0.4, -0.2) is 9.55 Å². The number of rotatable bonds is 2. The van der Waals surface area contributed by atoms with Crippen molar-refractivity contribution in [2.45, 2.75) is 12.3 Å². The molecule has 2 heterocycles. The van der Waals surface area contributed by atoms with Crippen LogP contribution in [0.1, 0.15) is 18.1 Å². The molecule has 0 aliphatic carbocycles. The van der Waals surface area contributed by atoms with Crippen molar-refractivity contribution in [1.82, 2.24) is 9.55 Å². The summed E-state index contributed by atoms with van der Waals surface area (Å²) in [5.74, 6) is 0.461. The second-order valence-electron chi connectivity index (χ2n) is 4.04. The van der Waals surface area contributed by atoms with Gasteiger partial charge >= 0.3 is 0 Å². The van der Waals surface area contributed by atoms with Gasteiger partial charge in [-0.1, -0.05) is 0 Å². The van der Waals surface area contributed by atoms with Crippen molar-refractivity contribution in [3.05, 3.63) is 46.7 Å². The summed E-state index contributed by atoms with van der Waals surface area (Å²) in [6.07, 6.45) is 0. The van der Waals surface area contributed by atoms with E-state index in [0.717, 1.165) is 22.5 Å². The number of thiophene rings is 1. The molecule has 1 aromatic carbocycles. The third-order valence-corrected chi connectivity index (χ3v) is 3.63. The normalized spacial score (nSPS) is 13.1. The average molecular weight is 281 g/mol. The van der Waals surface area contributed by atoms with E-state index < -0.39 is 0 Å². The SMILES string of the molecule is CC(Cl)c1nc2ccc(F)cc2n1-c1ccsc1. The predicted octanol–water partition coefficient (Wildman–Crippen LogP) is 4.53. The molecule has 0 radical (unpaired) electrons. The summed E-state index contributed by atoms with van der Waals surface area (Å²) in [7, 11) is 0. The lowest BCUT2D eigenvalue weighted by Gasteiger charge is -2.08. The van der Waals surface area contributed by atoms with Crippen LogP contribution in [0, 0.1) is 5.82 Å². The Bertz CT molecular complexity index is 688. The van der Waals surface area contributed by atoms with Gasteiger partial charge in [-0.15, -0.1) is 11.6 Å². The predicted molar refractivity (Wildman–Crippen MR) is 73.2 cm³/mol. The molecule has 0 amide bonds. The quantitative estimate of drug-likeness (QED) is 0.631. The minimum Gasteiger partial charge on any atom is -0.294 e. The van der Waals surface area contributed by atoms with Gasteiger partial charge in [0, 0.05) is 11.4 Å². The van der Waals surface area contributed by atoms with Crippen molar-refractivity contribution < 1.29 is 4.39 Å². The van der Waals surface area contributed by atoms with Gasteiger partial charge in [-0.3, -0.25) is 4.57 Å². The zero-order valence-electron chi connectivity index (χ0n) is 9.60. The fourth-order valence-electron chi connectivity index (χ4n) is 1.99. The van der Waals surface area contributed by atoms with E-state index in [9.17, 15) is 4.39 Å². The van der Waals surface area contributed by atoms with Crippen LogP contribution in [0.2, 0.25) is 0 Å². The first-order valence-corrected chi connectivity index (χ1v) is 6.89.